The third-order valence-corrected chi connectivity index (χ3v) is 4.62. The molecule has 0 bridgehead atoms. The molecule has 1 aromatic rings. The van der Waals surface area contributed by atoms with Crippen LogP contribution < -0.4 is 10.5 Å². The number of esters is 1. The molecule has 0 aliphatic heterocycles. The van der Waals surface area contributed by atoms with E-state index in [0.29, 0.717) is 12.0 Å². The number of amides is 1. The number of benzene rings is 1. The van der Waals surface area contributed by atoms with Crippen LogP contribution in [0.5, 0.6) is 0 Å². The molecular formula is C16H20N2O5S. The highest BCUT2D eigenvalue weighted by Gasteiger charge is 2.20. The normalized spacial score (nSPS) is 17.3. The van der Waals surface area contributed by atoms with Crippen LogP contribution in [0, 0.1) is 5.92 Å². The number of allylic oxidation sites excluding steroid dienone is 2. The van der Waals surface area contributed by atoms with Crippen LogP contribution in [0.1, 0.15) is 24.8 Å². The average Bonchev–Trinajstić information content (AvgIpc) is 2.58. The van der Waals surface area contributed by atoms with Crippen LogP contribution in [0.3, 0.4) is 0 Å². The highest BCUT2D eigenvalue weighted by Crippen LogP contribution is 2.19. The minimum absolute atomic E-state index is 0.00744. The van der Waals surface area contributed by atoms with Crippen LogP contribution in [-0.2, 0) is 30.9 Å². The van der Waals surface area contributed by atoms with Gasteiger partial charge in [-0.3, -0.25) is 9.59 Å². The van der Waals surface area contributed by atoms with Crippen molar-refractivity contribution in [3.63, 3.8) is 0 Å². The van der Waals surface area contributed by atoms with Gasteiger partial charge in [-0.2, -0.15) is 0 Å². The summed E-state index contributed by atoms with van der Waals surface area (Å²) in [4.78, 5) is 23.5. The Balaban J connectivity index is 1.75. The third-order valence-electron chi connectivity index (χ3n) is 3.69. The Kier molecular flexibility index (Phi) is 6.10. The number of primary sulfonamides is 1. The first-order chi connectivity index (χ1) is 11.4. The number of ether oxygens (including phenoxy) is 1. The van der Waals surface area contributed by atoms with E-state index >= 15 is 0 Å². The highest BCUT2D eigenvalue weighted by atomic mass is 32.2. The van der Waals surface area contributed by atoms with Crippen molar-refractivity contribution in [2.75, 3.05) is 6.61 Å². The van der Waals surface area contributed by atoms with Gasteiger partial charge in [0, 0.05) is 6.54 Å². The quantitative estimate of drug-likeness (QED) is 0.582. The molecule has 0 saturated carbocycles. The number of hydrogen-bond donors (Lipinski definition) is 2. The van der Waals surface area contributed by atoms with Gasteiger partial charge >= 0.3 is 5.97 Å². The number of carbonyl (C=O) groups is 2. The maximum atomic E-state index is 11.8. The van der Waals surface area contributed by atoms with Crippen LogP contribution >= 0.6 is 0 Å². The SMILES string of the molecule is NS(=O)(=O)c1ccc(CNC(=O)COC(=O)[C@@H]2CC=CCC2)cc1. The molecule has 0 saturated heterocycles. The van der Waals surface area contributed by atoms with E-state index in [-0.39, 0.29) is 29.9 Å². The molecule has 1 amide bonds. The van der Waals surface area contributed by atoms with E-state index in [1.165, 1.54) is 12.1 Å². The van der Waals surface area contributed by atoms with Crippen molar-refractivity contribution in [2.24, 2.45) is 11.1 Å². The summed E-state index contributed by atoms with van der Waals surface area (Å²) in [6.45, 7) is -0.123. The van der Waals surface area contributed by atoms with Gasteiger partial charge in [-0.1, -0.05) is 24.3 Å². The van der Waals surface area contributed by atoms with Crippen molar-refractivity contribution in [1.29, 1.82) is 0 Å². The van der Waals surface area contributed by atoms with Crippen LogP contribution in [0.25, 0.3) is 0 Å². The molecule has 0 spiro atoms. The van der Waals surface area contributed by atoms with Gasteiger partial charge in [-0.05, 0) is 37.0 Å². The lowest BCUT2D eigenvalue weighted by atomic mass is 9.95. The fourth-order valence-corrected chi connectivity index (χ4v) is 2.83. The summed E-state index contributed by atoms with van der Waals surface area (Å²) in [5.41, 5.74) is 0.708. The summed E-state index contributed by atoms with van der Waals surface area (Å²) < 4.78 is 27.3. The van der Waals surface area contributed by atoms with Crippen molar-refractivity contribution < 1.29 is 22.7 Å². The molecule has 130 valence electrons. The fourth-order valence-electron chi connectivity index (χ4n) is 2.31. The Morgan fingerprint density at radius 1 is 1.21 bits per heavy atom. The van der Waals surface area contributed by atoms with E-state index in [1.807, 2.05) is 12.2 Å². The Labute approximate surface area is 140 Å². The van der Waals surface area contributed by atoms with Gasteiger partial charge < -0.3 is 10.1 Å². The second kappa shape index (κ2) is 8.07. The molecular weight excluding hydrogens is 332 g/mol. The number of rotatable bonds is 6. The van der Waals surface area contributed by atoms with Gasteiger partial charge in [0.1, 0.15) is 0 Å². The first-order valence-electron chi connectivity index (χ1n) is 7.56. The monoisotopic (exact) mass is 352 g/mol. The molecule has 8 heteroatoms. The Bertz CT molecular complexity index is 725. The first-order valence-corrected chi connectivity index (χ1v) is 9.11. The second-order valence-electron chi connectivity index (χ2n) is 5.55. The second-order valence-corrected chi connectivity index (χ2v) is 7.12. The number of nitrogens with one attached hydrogen (secondary N) is 1. The van der Waals surface area contributed by atoms with Gasteiger partial charge in [-0.15, -0.1) is 0 Å². The van der Waals surface area contributed by atoms with Crippen molar-refractivity contribution in [1.82, 2.24) is 5.32 Å². The van der Waals surface area contributed by atoms with Crippen LogP contribution in [0.15, 0.2) is 41.3 Å². The van der Waals surface area contributed by atoms with E-state index in [4.69, 9.17) is 9.88 Å². The summed E-state index contributed by atoms with van der Waals surface area (Å²) in [7, 11) is -3.73. The number of sulfonamides is 1. The lowest BCUT2D eigenvalue weighted by Crippen LogP contribution is -2.30. The Hall–Kier alpha value is -2.19. The standard InChI is InChI=1S/C16H20N2O5S/c17-24(21,22)14-8-6-12(7-9-14)10-18-15(19)11-23-16(20)13-4-2-1-3-5-13/h1-2,6-9,13H,3-5,10-11H2,(H,18,19)(H2,17,21,22)/t13-/m1/s1. The van der Waals surface area contributed by atoms with E-state index < -0.39 is 15.9 Å². The smallest absolute Gasteiger partial charge is 0.309 e. The van der Waals surface area contributed by atoms with E-state index in [0.717, 1.165) is 12.8 Å². The van der Waals surface area contributed by atoms with Crippen LogP contribution in [-0.4, -0.2) is 26.9 Å². The predicted molar refractivity (Wildman–Crippen MR) is 87.1 cm³/mol. The zero-order valence-electron chi connectivity index (χ0n) is 13.1. The van der Waals surface area contributed by atoms with Gasteiger partial charge in [0.05, 0.1) is 10.8 Å². The zero-order valence-corrected chi connectivity index (χ0v) is 13.9. The van der Waals surface area contributed by atoms with Crippen molar-refractivity contribution in [3.8, 4) is 0 Å². The summed E-state index contributed by atoms with van der Waals surface area (Å²) in [5, 5.41) is 7.61. The predicted octanol–water partition coefficient (Wildman–Crippen LogP) is 0.850. The largest absolute Gasteiger partial charge is 0.455 e. The minimum atomic E-state index is -3.73. The Morgan fingerprint density at radius 2 is 1.92 bits per heavy atom. The average molecular weight is 352 g/mol. The molecule has 7 nitrogen and oxygen atoms in total. The van der Waals surface area contributed by atoms with Crippen molar-refractivity contribution in [2.45, 2.75) is 30.7 Å². The topological polar surface area (TPSA) is 116 Å². The lowest BCUT2D eigenvalue weighted by Gasteiger charge is -2.16. The summed E-state index contributed by atoms with van der Waals surface area (Å²) in [5.74, 6) is -0.939. The number of hydrogen-bond acceptors (Lipinski definition) is 5. The molecule has 24 heavy (non-hydrogen) atoms. The molecule has 0 fully saturated rings. The molecule has 1 aliphatic rings. The molecule has 0 unspecified atom stereocenters. The molecule has 1 atom stereocenters. The molecule has 0 radical (unpaired) electrons. The maximum Gasteiger partial charge on any atom is 0.309 e. The highest BCUT2D eigenvalue weighted by molar-refractivity contribution is 7.89. The summed E-state index contributed by atoms with van der Waals surface area (Å²) in [6, 6.07) is 5.85. The zero-order chi connectivity index (χ0) is 17.6. The van der Waals surface area contributed by atoms with Gasteiger partial charge in [0.25, 0.3) is 5.91 Å². The number of carbonyl (C=O) groups excluding carboxylic acids is 2. The third kappa shape index (κ3) is 5.47. The van der Waals surface area contributed by atoms with Gasteiger partial charge in [-0.25, -0.2) is 13.6 Å². The molecule has 0 heterocycles. The maximum absolute atomic E-state index is 11.8. The van der Waals surface area contributed by atoms with Crippen LogP contribution in [0.2, 0.25) is 0 Å². The van der Waals surface area contributed by atoms with Crippen molar-refractivity contribution in [3.05, 3.63) is 42.0 Å². The first kappa shape index (κ1) is 18.2. The molecule has 2 rings (SSSR count). The minimum Gasteiger partial charge on any atom is -0.455 e. The molecule has 0 aromatic heterocycles. The summed E-state index contributed by atoms with van der Waals surface area (Å²) in [6.07, 6.45) is 6.21. The van der Waals surface area contributed by atoms with Crippen molar-refractivity contribution >= 4 is 21.9 Å². The van der Waals surface area contributed by atoms with Crippen LogP contribution in [0.4, 0.5) is 0 Å². The fraction of sp³-hybridized carbons (Fsp3) is 0.375. The molecule has 3 N–H and O–H groups in total. The molecule has 1 aromatic carbocycles. The van der Waals surface area contributed by atoms with Gasteiger partial charge in [0.2, 0.25) is 10.0 Å². The number of nitrogens with two attached hydrogens (primary N) is 1. The lowest BCUT2D eigenvalue weighted by molar-refractivity contribution is -0.152. The van der Waals surface area contributed by atoms with E-state index in [2.05, 4.69) is 5.32 Å². The summed E-state index contributed by atoms with van der Waals surface area (Å²) >= 11 is 0. The molecule has 1 aliphatic carbocycles. The van der Waals surface area contributed by atoms with E-state index in [9.17, 15) is 18.0 Å². The van der Waals surface area contributed by atoms with E-state index in [1.54, 1.807) is 12.1 Å². The Morgan fingerprint density at radius 3 is 2.50 bits per heavy atom. The van der Waals surface area contributed by atoms with Gasteiger partial charge in [0.15, 0.2) is 6.61 Å².